The number of benzene rings is 2. The van der Waals surface area contributed by atoms with Gasteiger partial charge < -0.3 is 9.64 Å². The van der Waals surface area contributed by atoms with Gasteiger partial charge in [0.25, 0.3) is 5.91 Å². The van der Waals surface area contributed by atoms with Gasteiger partial charge in [-0.25, -0.2) is 9.07 Å². The zero-order chi connectivity index (χ0) is 21.2. The Morgan fingerprint density at radius 1 is 1.14 bits per heavy atom. The van der Waals surface area contributed by atoms with Crippen molar-refractivity contribution in [1.82, 2.24) is 19.9 Å². The number of aromatic nitrogens is 3. The molecular weight excluding hydrogens is 392 g/mol. The highest BCUT2D eigenvalue weighted by Crippen LogP contribution is 2.27. The fraction of sp³-hybridized carbons (Fsp3) is 0.211. The van der Waals surface area contributed by atoms with E-state index in [9.17, 15) is 22.4 Å². The average Bonchev–Trinajstić information content (AvgIpc) is 3.03. The number of para-hydroxylation sites is 1. The van der Waals surface area contributed by atoms with Crippen molar-refractivity contribution in [2.24, 2.45) is 0 Å². The second-order valence-electron chi connectivity index (χ2n) is 6.23. The minimum Gasteiger partial charge on any atom is -0.405 e. The second kappa shape index (κ2) is 7.90. The van der Waals surface area contributed by atoms with Gasteiger partial charge in [-0.2, -0.15) is 0 Å². The molecule has 0 saturated heterocycles. The van der Waals surface area contributed by atoms with Gasteiger partial charge >= 0.3 is 6.36 Å². The summed E-state index contributed by atoms with van der Waals surface area (Å²) in [7, 11) is 1.43. The van der Waals surface area contributed by atoms with E-state index in [1.165, 1.54) is 59.1 Å². The molecule has 0 N–H and O–H groups in total. The van der Waals surface area contributed by atoms with Crippen molar-refractivity contribution < 1.29 is 27.1 Å². The maximum absolute atomic E-state index is 13.1. The molecule has 1 amide bonds. The van der Waals surface area contributed by atoms with Crippen LogP contribution in [-0.4, -0.2) is 39.2 Å². The average molecular weight is 408 g/mol. The summed E-state index contributed by atoms with van der Waals surface area (Å²) in [4.78, 5) is 14.0. The van der Waals surface area contributed by atoms with Gasteiger partial charge in [-0.1, -0.05) is 23.4 Å². The molecule has 3 rings (SSSR count). The number of carbonyl (C=O) groups excluding carboxylic acids is 1. The number of amides is 1. The summed E-state index contributed by atoms with van der Waals surface area (Å²) in [5, 5.41) is 7.79. The van der Waals surface area contributed by atoms with Crippen molar-refractivity contribution >= 4 is 5.91 Å². The Bertz CT molecular complexity index is 1020. The molecule has 0 spiro atoms. The Labute approximate surface area is 163 Å². The Balaban J connectivity index is 1.81. The Hall–Kier alpha value is -3.43. The number of nitrogens with zero attached hydrogens (tertiary/aromatic N) is 4. The number of hydrogen-bond acceptors (Lipinski definition) is 4. The molecule has 0 atom stereocenters. The van der Waals surface area contributed by atoms with E-state index < -0.39 is 18.1 Å². The zero-order valence-electron chi connectivity index (χ0n) is 15.4. The molecule has 1 heterocycles. The molecule has 0 aliphatic rings. The van der Waals surface area contributed by atoms with Crippen molar-refractivity contribution in [2.75, 3.05) is 7.05 Å². The molecule has 0 bridgehead atoms. The third kappa shape index (κ3) is 4.71. The quantitative estimate of drug-likeness (QED) is 0.601. The van der Waals surface area contributed by atoms with Crippen LogP contribution in [0.5, 0.6) is 5.75 Å². The van der Waals surface area contributed by atoms with E-state index in [-0.39, 0.29) is 23.6 Å². The van der Waals surface area contributed by atoms with Crippen molar-refractivity contribution in [3.05, 3.63) is 71.3 Å². The first-order valence-electron chi connectivity index (χ1n) is 8.43. The van der Waals surface area contributed by atoms with Gasteiger partial charge in [0.1, 0.15) is 11.6 Å². The Morgan fingerprint density at radius 2 is 1.79 bits per heavy atom. The number of hydrogen-bond donors (Lipinski definition) is 0. The summed E-state index contributed by atoms with van der Waals surface area (Å²) in [6.45, 7) is 1.49. The maximum Gasteiger partial charge on any atom is 0.573 e. The first kappa shape index (κ1) is 20.3. The lowest BCUT2D eigenvalue weighted by atomic mass is 10.2. The normalized spacial score (nSPS) is 11.4. The SMILES string of the molecule is Cc1c(C(=O)N(C)Cc2ccccc2OC(F)(F)F)nnn1-c1ccc(F)cc1. The lowest BCUT2D eigenvalue weighted by Gasteiger charge is -2.19. The number of ether oxygens (including phenoxy) is 1. The van der Waals surface area contributed by atoms with Crippen LogP contribution in [0.3, 0.4) is 0 Å². The minimum atomic E-state index is -4.84. The standard InChI is InChI=1S/C19H16F4N4O2/c1-12-17(24-25-27(12)15-9-7-14(20)8-10-15)18(28)26(2)11-13-5-3-4-6-16(13)29-19(21,22)23/h3-10H,11H2,1-2H3. The predicted octanol–water partition coefficient (Wildman–Crippen LogP) is 3.89. The lowest BCUT2D eigenvalue weighted by Crippen LogP contribution is -2.28. The van der Waals surface area contributed by atoms with Crippen molar-refractivity contribution in [1.29, 1.82) is 0 Å². The molecule has 0 unspecified atom stereocenters. The van der Waals surface area contributed by atoms with Crippen LogP contribution in [0.1, 0.15) is 21.7 Å². The molecule has 2 aromatic carbocycles. The Morgan fingerprint density at radius 3 is 2.45 bits per heavy atom. The van der Waals surface area contributed by atoms with Crippen LogP contribution in [0.2, 0.25) is 0 Å². The largest absolute Gasteiger partial charge is 0.573 e. The van der Waals surface area contributed by atoms with E-state index >= 15 is 0 Å². The van der Waals surface area contributed by atoms with Gasteiger partial charge in [-0.15, -0.1) is 18.3 Å². The molecule has 0 aliphatic heterocycles. The van der Waals surface area contributed by atoms with Gasteiger partial charge in [0.05, 0.1) is 11.4 Å². The molecule has 152 valence electrons. The van der Waals surface area contributed by atoms with E-state index in [2.05, 4.69) is 15.0 Å². The van der Waals surface area contributed by atoms with Crippen molar-refractivity contribution in [2.45, 2.75) is 19.8 Å². The van der Waals surface area contributed by atoms with Crippen molar-refractivity contribution in [3.63, 3.8) is 0 Å². The maximum atomic E-state index is 13.1. The van der Waals surface area contributed by atoms with Crippen LogP contribution in [0.4, 0.5) is 17.6 Å². The molecule has 0 fully saturated rings. The van der Waals surface area contributed by atoms with Crippen LogP contribution in [0.15, 0.2) is 48.5 Å². The van der Waals surface area contributed by atoms with E-state index in [4.69, 9.17) is 0 Å². The third-order valence-corrected chi connectivity index (χ3v) is 4.12. The van der Waals surface area contributed by atoms with Crippen LogP contribution in [0, 0.1) is 12.7 Å². The topological polar surface area (TPSA) is 60.3 Å². The van der Waals surface area contributed by atoms with E-state index in [0.717, 1.165) is 0 Å². The Kier molecular flexibility index (Phi) is 5.53. The highest BCUT2D eigenvalue weighted by atomic mass is 19.4. The van der Waals surface area contributed by atoms with E-state index in [1.807, 2.05) is 0 Å². The molecule has 10 heteroatoms. The molecule has 0 aliphatic carbocycles. The van der Waals surface area contributed by atoms with Crippen LogP contribution in [0.25, 0.3) is 5.69 Å². The van der Waals surface area contributed by atoms with Gasteiger partial charge in [0.2, 0.25) is 0 Å². The number of carbonyl (C=O) groups is 1. The lowest BCUT2D eigenvalue weighted by molar-refractivity contribution is -0.275. The van der Waals surface area contributed by atoms with E-state index in [0.29, 0.717) is 11.4 Å². The summed E-state index contributed by atoms with van der Waals surface area (Å²) in [6.07, 6.45) is -4.84. The van der Waals surface area contributed by atoms with Gasteiger partial charge in [0.15, 0.2) is 5.69 Å². The number of alkyl halides is 3. The fourth-order valence-corrected chi connectivity index (χ4v) is 2.72. The monoisotopic (exact) mass is 408 g/mol. The van der Waals surface area contributed by atoms with Gasteiger partial charge in [-0.05, 0) is 37.3 Å². The van der Waals surface area contributed by atoms with Gasteiger partial charge in [0, 0.05) is 19.2 Å². The number of rotatable bonds is 5. The zero-order valence-corrected chi connectivity index (χ0v) is 15.4. The van der Waals surface area contributed by atoms with Crippen LogP contribution in [-0.2, 0) is 6.54 Å². The van der Waals surface area contributed by atoms with Gasteiger partial charge in [-0.3, -0.25) is 4.79 Å². The summed E-state index contributed by atoms with van der Waals surface area (Å²) >= 11 is 0. The molecule has 3 aromatic rings. The molecule has 0 radical (unpaired) electrons. The molecule has 29 heavy (non-hydrogen) atoms. The third-order valence-electron chi connectivity index (χ3n) is 4.12. The second-order valence-corrected chi connectivity index (χ2v) is 6.23. The molecule has 6 nitrogen and oxygen atoms in total. The van der Waals surface area contributed by atoms with Crippen LogP contribution < -0.4 is 4.74 Å². The minimum absolute atomic E-state index is 0.0334. The first-order valence-corrected chi connectivity index (χ1v) is 8.43. The van der Waals surface area contributed by atoms with E-state index in [1.54, 1.807) is 13.0 Å². The summed E-state index contributed by atoms with van der Waals surface area (Å²) in [6, 6.07) is 11.0. The van der Waals surface area contributed by atoms with Crippen LogP contribution >= 0.6 is 0 Å². The molecular formula is C19H16F4N4O2. The summed E-state index contributed by atoms with van der Waals surface area (Å²) in [5.41, 5.74) is 1.14. The summed E-state index contributed by atoms with van der Waals surface area (Å²) in [5.74, 6) is -1.33. The summed E-state index contributed by atoms with van der Waals surface area (Å²) < 4.78 is 56.2. The number of halogens is 4. The first-order chi connectivity index (χ1) is 13.7. The molecule has 0 saturated carbocycles. The van der Waals surface area contributed by atoms with Crippen molar-refractivity contribution in [3.8, 4) is 11.4 Å². The smallest absolute Gasteiger partial charge is 0.405 e. The highest BCUT2D eigenvalue weighted by molar-refractivity contribution is 5.93. The predicted molar refractivity (Wildman–Crippen MR) is 95.0 cm³/mol. The fourth-order valence-electron chi connectivity index (χ4n) is 2.72. The molecule has 1 aromatic heterocycles. The highest BCUT2D eigenvalue weighted by Gasteiger charge is 2.32.